The van der Waals surface area contributed by atoms with Crippen LogP contribution in [-0.4, -0.2) is 40.1 Å². The van der Waals surface area contributed by atoms with E-state index in [1.807, 2.05) is 17.0 Å². The Kier molecular flexibility index (Phi) is 4.46. The van der Waals surface area contributed by atoms with Crippen molar-refractivity contribution in [3.8, 4) is 0 Å². The molecule has 3 rings (SSSR count). The number of piperidine rings is 1. The van der Waals surface area contributed by atoms with Gasteiger partial charge in [-0.05, 0) is 43.9 Å². The number of amides is 3. The van der Waals surface area contributed by atoms with E-state index in [1.165, 1.54) is 11.3 Å². The molecule has 1 unspecified atom stereocenters. The van der Waals surface area contributed by atoms with Crippen molar-refractivity contribution in [1.82, 2.24) is 9.80 Å². The van der Waals surface area contributed by atoms with Gasteiger partial charge in [-0.2, -0.15) is 0 Å². The number of benzene rings is 1. The molecule has 0 spiro atoms. The number of hydrogen-bond acceptors (Lipinski definition) is 3. The molecule has 122 valence electrons. The van der Waals surface area contributed by atoms with E-state index in [1.54, 1.807) is 12.1 Å². The van der Waals surface area contributed by atoms with Crippen molar-refractivity contribution in [2.24, 2.45) is 0 Å². The molecule has 2 heterocycles. The van der Waals surface area contributed by atoms with Crippen molar-refractivity contribution in [2.45, 2.75) is 51.6 Å². The van der Waals surface area contributed by atoms with E-state index in [9.17, 15) is 14.4 Å². The Morgan fingerprint density at radius 3 is 2.35 bits per heavy atom. The van der Waals surface area contributed by atoms with Crippen LogP contribution in [0.4, 0.5) is 0 Å². The minimum Gasteiger partial charge on any atom is -0.336 e. The van der Waals surface area contributed by atoms with Crippen LogP contribution in [0.2, 0.25) is 0 Å². The highest BCUT2D eigenvalue weighted by atomic mass is 16.2. The molecule has 1 atom stereocenters. The number of carbonyl (C=O) groups excluding carboxylic acids is 3. The fourth-order valence-electron chi connectivity index (χ4n) is 3.30. The lowest BCUT2D eigenvalue weighted by molar-refractivity contribution is -0.139. The van der Waals surface area contributed by atoms with Gasteiger partial charge in [0.2, 0.25) is 11.8 Å². The van der Waals surface area contributed by atoms with E-state index in [4.69, 9.17) is 0 Å². The molecule has 0 aliphatic carbocycles. The van der Waals surface area contributed by atoms with Gasteiger partial charge < -0.3 is 4.90 Å². The Bertz CT molecular complexity index is 608. The summed E-state index contributed by atoms with van der Waals surface area (Å²) in [6, 6.07) is 7.55. The molecule has 0 aromatic heterocycles. The monoisotopic (exact) mass is 314 g/mol. The van der Waals surface area contributed by atoms with Gasteiger partial charge in [0.1, 0.15) is 0 Å². The summed E-state index contributed by atoms with van der Waals surface area (Å²) in [6.45, 7) is 3.21. The lowest BCUT2D eigenvalue weighted by Crippen LogP contribution is -2.42. The van der Waals surface area contributed by atoms with Gasteiger partial charge in [0, 0.05) is 31.0 Å². The predicted molar refractivity (Wildman–Crippen MR) is 85.6 cm³/mol. The van der Waals surface area contributed by atoms with Crippen molar-refractivity contribution < 1.29 is 14.4 Å². The van der Waals surface area contributed by atoms with Gasteiger partial charge in [-0.3, -0.25) is 19.3 Å². The maximum Gasteiger partial charge on any atom is 0.254 e. The second kappa shape index (κ2) is 6.52. The summed E-state index contributed by atoms with van der Waals surface area (Å²) < 4.78 is 0. The molecule has 2 aliphatic heterocycles. The summed E-state index contributed by atoms with van der Waals surface area (Å²) in [5, 5.41) is 0. The lowest BCUT2D eigenvalue weighted by atomic mass is 10.0. The quantitative estimate of drug-likeness (QED) is 0.805. The molecular weight excluding hydrogens is 292 g/mol. The third kappa shape index (κ3) is 3.28. The SMILES string of the molecule is CC1CCCCN1C(=O)c1ccc(CN2C(=O)CCC2=O)cc1. The van der Waals surface area contributed by atoms with Gasteiger partial charge >= 0.3 is 0 Å². The number of rotatable bonds is 3. The first-order valence-electron chi connectivity index (χ1n) is 8.29. The number of hydrogen-bond donors (Lipinski definition) is 0. The largest absolute Gasteiger partial charge is 0.336 e. The smallest absolute Gasteiger partial charge is 0.254 e. The lowest BCUT2D eigenvalue weighted by Gasteiger charge is -2.33. The Hall–Kier alpha value is -2.17. The molecule has 0 bridgehead atoms. The average molecular weight is 314 g/mol. The second-order valence-electron chi connectivity index (χ2n) is 6.41. The van der Waals surface area contributed by atoms with Crippen LogP contribution in [0.15, 0.2) is 24.3 Å². The molecule has 2 saturated heterocycles. The van der Waals surface area contributed by atoms with Crippen LogP contribution in [0, 0.1) is 0 Å². The highest BCUT2D eigenvalue weighted by molar-refractivity contribution is 6.01. The molecular formula is C18H22N2O3. The maximum absolute atomic E-state index is 12.6. The van der Waals surface area contributed by atoms with E-state index in [0.717, 1.165) is 24.9 Å². The van der Waals surface area contributed by atoms with Crippen molar-refractivity contribution >= 4 is 17.7 Å². The highest BCUT2D eigenvalue weighted by Gasteiger charge is 2.29. The summed E-state index contributed by atoms with van der Waals surface area (Å²) in [4.78, 5) is 39.1. The number of imide groups is 1. The van der Waals surface area contributed by atoms with E-state index in [2.05, 4.69) is 6.92 Å². The first-order chi connectivity index (χ1) is 11.1. The Labute approximate surface area is 136 Å². The molecule has 3 amide bonds. The summed E-state index contributed by atoms with van der Waals surface area (Å²) in [5.74, 6) is -0.160. The van der Waals surface area contributed by atoms with Gasteiger partial charge in [-0.15, -0.1) is 0 Å². The van der Waals surface area contributed by atoms with Gasteiger partial charge in [-0.1, -0.05) is 12.1 Å². The molecule has 0 radical (unpaired) electrons. The van der Waals surface area contributed by atoms with Gasteiger partial charge in [-0.25, -0.2) is 0 Å². The van der Waals surface area contributed by atoms with Crippen LogP contribution in [0.5, 0.6) is 0 Å². The van der Waals surface area contributed by atoms with Crippen molar-refractivity contribution in [3.63, 3.8) is 0 Å². The fraction of sp³-hybridized carbons (Fsp3) is 0.500. The summed E-state index contributed by atoms with van der Waals surface area (Å²) >= 11 is 0. The summed E-state index contributed by atoms with van der Waals surface area (Å²) in [6.07, 6.45) is 3.92. The van der Waals surface area contributed by atoms with E-state index in [-0.39, 0.29) is 23.8 Å². The van der Waals surface area contributed by atoms with Gasteiger partial charge in [0.15, 0.2) is 0 Å². The maximum atomic E-state index is 12.6. The molecule has 2 fully saturated rings. The van der Waals surface area contributed by atoms with Crippen LogP contribution < -0.4 is 0 Å². The highest BCUT2D eigenvalue weighted by Crippen LogP contribution is 2.20. The van der Waals surface area contributed by atoms with Crippen molar-refractivity contribution in [1.29, 1.82) is 0 Å². The average Bonchev–Trinajstić information content (AvgIpc) is 2.87. The Morgan fingerprint density at radius 1 is 1.09 bits per heavy atom. The second-order valence-corrected chi connectivity index (χ2v) is 6.41. The first kappa shape index (κ1) is 15.7. The number of carbonyl (C=O) groups is 3. The first-order valence-corrected chi connectivity index (χ1v) is 8.29. The topological polar surface area (TPSA) is 57.7 Å². The fourth-order valence-corrected chi connectivity index (χ4v) is 3.30. The minimum absolute atomic E-state index is 0.0667. The Morgan fingerprint density at radius 2 is 1.74 bits per heavy atom. The summed E-state index contributed by atoms with van der Waals surface area (Å²) in [7, 11) is 0. The predicted octanol–water partition coefficient (Wildman–Crippen LogP) is 2.35. The normalized spacial score (nSPS) is 21.9. The third-order valence-electron chi connectivity index (χ3n) is 4.76. The molecule has 0 N–H and O–H groups in total. The molecule has 5 heteroatoms. The Balaban J connectivity index is 1.68. The number of likely N-dealkylation sites (tertiary alicyclic amines) is 2. The molecule has 1 aromatic rings. The van der Waals surface area contributed by atoms with Gasteiger partial charge in [0.05, 0.1) is 6.54 Å². The number of nitrogens with zero attached hydrogens (tertiary/aromatic N) is 2. The zero-order valence-corrected chi connectivity index (χ0v) is 13.5. The molecule has 0 saturated carbocycles. The third-order valence-corrected chi connectivity index (χ3v) is 4.76. The van der Waals surface area contributed by atoms with Crippen molar-refractivity contribution in [2.75, 3.05) is 6.54 Å². The van der Waals surface area contributed by atoms with Crippen LogP contribution >= 0.6 is 0 Å². The summed E-state index contributed by atoms with van der Waals surface area (Å²) in [5.41, 5.74) is 1.54. The van der Waals surface area contributed by atoms with Gasteiger partial charge in [0.25, 0.3) is 5.91 Å². The van der Waals surface area contributed by atoms with E-state index >= 15 is 0 Å². The van der Waals surface area contributed by atoms with Crippen molar-refractivity contribution in [3.05, 3.63) is 35.4 Å². The molecule has 5 nitrogen and oxygen atoms in total. The van der Waals surface area contributed by atoms with Crippen LogP contribution in [0.25, 0.3) is 0 Å². The van der Waals surface area contributed by atoms with E-state index in [0.29, 0.717) is 24.9 Å². The molecule has 23 heavy (non-hydrogen) atoms. The standard InChI is InChI=1S/C18H22N2O3/c1-13-4-2-3-11-19(13)18(23)15-7-5-14(6-8-15)12-20-16(21)9-10-17(20)22/h5-8,13H,2-4,9-12H2,1H3. The zero-order valence-electron chi connectivity index (χ0n) is 13.5. The van der Waals surface area contributed by atoms with E-state index < -0.39 is 0 Å². The molecule has 1 aromatic carbocycles. The van der Waals surface area contributed by atoms with Crippen LogP contribution in [0.1, 0.15) is 54.9 Å². The zero-order chi connectivity index (χ0) is 16.4. The molecule has 2 aliphatic rings. The minimum atomic E-state index is -0.114. The van der Waals surface area contributed by atoms with Crippen LogP contribution in [-0.2, 0) is 16.1 Å². The van der Waals surface area contributed by atoms with Crippen LogP contribution in [0.3, 0.4) is 0 Å².